The third-order valence-corrected chi connectivity index (χ3v) is 8.02. The quantitative estimate of drug-likeness (QED) is 0.510. The number of hydrogen-bond acceptors (Lipinski definition) is 6. The van der Waals surface area contributed by atoms with E-state index in [1.54, 1.807) is 4.90 Å². The van der Waals surface area contributed by atoms with E-state index in [0.717, 1.165) is 23.2 Å². The Hall–Kier alpha value is -2.97. The zero-order valence-corrected chi connectivity index (χ0v) is 21.1. The minimum Gasteiger partial charge on any atom is -0.465 e. The second kappa shape index (κ2) is 9.16. The monoisotopic (exact) mass is 494 g/mol. The molecule has 2 amide bonds. The number of allylic oxidation sites excluding steroid dienone is 1. The molecule has 0 bridgehead atoms. The predicted octanol–water partition coefficient (Wildman–Crippen LogP) is 2.45. The van der Waals surface area contributed by atoms with Crippen LogP contribution in [0.2, 0.25) is 0 Å². The molecule has 0 aromatic heterocycles. The smallest absolute Gasteiger partial charge is 0.313 e. The van der Waals surface area contributed by atoms with Crippen molar-refractivity contribution in [3.63, 3.8) is 0 Å². The van der Waals surface area contributed by atoms with Crippen LogP contribution in [0.15, 0.2) is 42.5 Å². The minimum atomic E-state index is -1.32. The largest absolute Gasteiger partial charge is 0.465 e. The number of carbonyl (C=O) groups is 3. The number of esters is 1. The van der Waals surface area contributed by atoms with Gasteiger partial charge in [0.05, 0.1) is 18.1 Å². The van der Waals surface area contributed by atoms with E-state index in [2.05, 4.69) is 0 Å². The lowest BCUT2D eigenvalue weighted by Crippen LogP contribution is -2.56. The Kier molecular flexibility index (Phi) is 6.29. The van der Waals surface area contributed by atoms with Crippen LogP contribution in [0, 0.1) is 25.7 Å². The highest BCUT2D eigenvalue weighted by atomic mass is 16.6. The van der Waals surface area contributed by atoms with Gasteiger partial charge in [-0.3, -0.25) is 14.4 Å². The first-order chi connectivity index (χ1) is 17.2. The molecule has 1 aromatic rings. The summed E-state index contributed by atoms with van der Waals surface area (Å²) in [6, 6.07) is 4.91. The number of carbonyl (C=O) groups excluding carboxylic acids is 3. The Morgan fingerprint density at radius 3 is 2.53 bits per heavy atom. The molecule has 1 spiro atoms. The summed E-state index contributed by atoms with van der Waals surface area (Å²) in [5.41, 5.74) is 0.310. The summed E-state index contributed by atoms with van der Waals surface area (Å²) < 4.78 is 12.3. The highest BCUT2D eigenvalue weighted by molar-refractivity contribution is 6.06. The van der Waals surface area contributed by atoms with Crippen LogP contribution < -0.4 is 4.90 Å². The summed E-state index contributed by atoms with van der Waals surface area (Å²) in [6.45, 7) is 6.40. The maximum absolute atomic E-state index is 14.4. The molecule has 2 saturated heterocycles. The number of amides is 2. The number of aryl methyl sites for hydroxylation is 2. The van der Waals surface area contributed by atoms with E-state index in [1.807, 2.05) is 63.3 Å². The Morgan fingerprint density at radius 2 is 1.81 bits per heavy atom. The SMILES string of the molecule is Cc1cccc(C)c1N1CC=C[C@]23O[C@]4(C)/C=C\CCCOC(=O)[C@@H]4[C@H]2C(=O)N(CCCO)C3C1=O. The van der Waals surface area contributed by atoms with E-state index < -0.39 is 35.0 Å². The first-order valence-electron chi connectivity index (χ1n) is 12.8. The Balaban J connectivity index is 1.66. The van der Waals surface area contributed by atoms with Crippen LogP contribution >= 0.6 is 0 Å². The molecular weight excluding hydrogens is 460 g/mol. The highest BCUT2D eigenvalue weighted by Crippen LogP contribution is 2.57. The summed E-state index contributed by atoms with van der Waals surface area (Å²) in [5, 5.41) is 9.54. The molecule has 1 aromatic carbocycles. The molecule has 1 N–H and O–H groups in total. The standard InChI is InChI=1S/C28H34N2O6/c1-18-10-7-11-19(2)22(18)29-14-8-13-28-20(24(32)30(15-9-16-31)23(28)25(29)33)21-26(34)35-17-6-4-5-12-27(21,3)36-28/h5,7-8,10-13,20-21,23,31H,4,6,9,14-17H2,1-3H3/b12-5-/t20-,21-,23?,27+,28-/m0/s1. The number of rotatable bonds is 4. The molecule has 8 nitrogen and oxygen atoms in total. The molecule has 8 heteroatoms. The van der Waals surface area contributed by atoms with Crippen molar-refractivity contribution in [2.24, 2.45) is 11.8 Å². The number of hydrogen-bond donors (Lipinski definition) is 1. The molecule has 4 heterocycles. The normalized spacial score (nSPS) is 34.8. The second-order valence-corrected chi connectivity index (χ2v) is 10.4. The van der Waals surface area contributed by atoms with Crippen molar-refractivity contribution < 1.29 is 29.0 Å². The first kappa shape index (κ1) is 24.7. The van der Waals surface area contributed by atoms with Crippen LogP contribution in [-0.4, -0.2) is 71.3 Å². The number of cyclic esters (lactones) is 1. The maximum Gasteiger partial charge on any atom is 0.313 e. The lowest BCUT2D eigenvalue weighted by molar-refractivity contribution is -0.158. The molecule has 0 radical (unpaired) electrons. The van der Waals surface area contributed by atoms with E-state index in [-0.39, 0.29) is 31.6 Å². The van der Waals surface area contributed by atoms with Crippen LogP contribution in [0.3, 0.4) is 0 Å². The van der Waals surface area contributed by atoms with E-state index in [0.29, 0.717) is 19.4 Å². The van der Waals surface area contributed by atoms with Gasteiger partial charge >= 0.3 is 5.97 Å². The summed E-state index contributed by atoms with van der Waals surface area (Å²) in [7, 11) is 0. The number of ether oxygens (including phenoxy) is 2. The zero-order chi connectivity index (χ0) is 25.7. The Morgan fingerprint density at radius 1 is 1.06 bits per heavy atom. The fourth-order valence-corrected chi connectivity index (χ4v) is 6.55. The molecule has 5 rings (SSSR count). The van der Waals surface area contributed by atoms with Gasteiger partial charge in [0, 0.05) is 25.4 Å². The molecule has 192 valence electrons. The number of benzene rings is 1. The van der Waals surface area contributed by atoms with Crippen molar-refractivity contribution in [3.8, 4) is 0 Å². The summed E-state index contributed by atoms with van der Waals surface area (Å²) >= 11 is 0. The summed E-state index contributed by atoms with van der Waals surface area (Å²) in [4.78, 5) is 45.0. The molecule has 1 unspecified atom stereocenters. The van der Waals surface area contributed by atoms with Crippen molar-refractivity contribution in [1.29, 1.82) is 0 Å². The third kappa shape index (κ3) is 3.61. The van der Waals surface area contributed by atoms with Crippen molar-refractivity contribution in [2.75, 3.05) is 31.2 Å². The lowest BCUT2D eigenvalue weighted by Gasteiger charge is -2.38. The first-order valence-corrected chi connectivity index (χ1v) is 12.8. The van der Waals surface area contributed by atoms with E-state index >= 15 is 0 Å². The highest BCUT2D eigenvalue weighted by Gasteiger charge is 2.74. The zero-order valence-electron chi connectivity index (χ0n) is 21.1. The number of aliphatic hydroxyl groups is 1. The van der Waals surface area contributed by atoms with Crippen LogP contribution in [0.25, 0.3) is 0 Å². The van der Waals surface area contributed by atoms with Gasteiger partial charge in [-0.25, -0.2) is 0 Å². The average molecular weight is 495 g/mol. The Labute approximate surface area is 211 Å². The van der Waals surface area contributed by atoms with Crippen LogP contribution in [0.4, 0.5) is 5.69 Å². The van der Waals surface area contributed by atoms with Crippen LogP contribution in [-0.2, 0) is 23.9 Å². The molecule has 36 heavy (non-hydrogen) atoms. The Bertz CT molecular complexity index is 1120. The van der Waals surface area contributed by atoms with Gasteiger partial charge < -0.3 is 24.4 Å². The number of para-hydroxylation sites is 1. The van der Waals surface area contributed by atoms with Crippen molar-refractivity contribution >= 4 is 23.5 Å². The molecule has 5 atom stereocenters. The van der Waals surface area contributed by atoms with Crippen molar-refractivity contribution in [2.45, 2.75) is 57.3 Å². The third-order valence-electron chi connectivity index (χ3n) is 8.02. The van der Waals surface area contributed by atoms with Crippen molar-refractivity contribution in [3.05, 3.63) is 53.6 Å². The number of nitrogens with zero attached hydrogens (tertiary/aromatic N) is 2. The number of anilines is 1. The molecule has 4 aliphatic rings. The fourth-order valence-electron chi connectivity index (χ4n) is 6.55. The maximum atomic E-state index is 14.4. The number of aliphatic hydroxyl groups excluding tert-OH is 1. The van der Waals surface area contributed by atoms with Gasteiger partial charge in [0.2, 0.25) is 5.91 Å². The van der Waals surface area contributed by atoms with E-state index in [4.69, 9.17) is 9.47 Å². The number of fused-ring (bicyclic) bond motifs is 2. The summed E-state index contributed by atoms with van der Waals surface area (Å²) in [5.74, 6) is -2.82. The fraction of sp³-hybridized carbons (Fsp3) is 0.536. The van der Waals surface area contributed by atoms with Gasteiger partial charge in [-0.15, -0.1) is 0 Å². The topological polar surface area (TPSA) is 96.4 Å². The number of likely N-dealkylation sites (tertiary alicyclic amines) is 1. The molecular formula is C28H34N2O6. The van der Waals surface area contributed by atoms with Crippen LogP contribution in [0.1, 0.15) is 37.3 Å². The summed E-state index contributed by atoms with van der Waals surface area (Å²) in [6.07, 6.45) is 9.29. The van der Waals surface area contributed by atoms with Crippen molar-refractivity contribution in [1.82, 2.24) is 4.90 Å². The minimum absolute atomic E-state index is 0.119. The second-order valence-electron chi connectivity index (χ2n) is 10.4. The van der Waals surface area contributed by atoms with E-state index in [9.17, 15) is 19.5 Å². The van der Waals surface area contributed by atoms with E-state index in [1.165, 1.54) is 4.90 Å². The molecule has 2 fully saturated rings. The van der Waals surface area contributed by atoms with Gasteiger partial charge in [0.15, 0.2) is 0 Å². The molecule has 4 aliphatic heterocycles. The molecule has 0 saturated carbocycles. The van der Waals surface area contributed by atoms with Gasteiger partial charge in [-0.05, 0) is 51.2 Å². The van der Waals surface area contributed by atoms with Gasteiger partial charge in [0.25, 0.3) is 5.91 Å². The van der Waals surface area contributed by atoms with Gasteiger partial charge in [0.1, 0.15) is 17.6 Å². The lowest BCUT2D eigenvalue weighted by atomic mass is 9.74. The average Bonchev–Trinajstić information content (AvgIpc) is 3.18. The molecule has 0 aliphatic carbocycles. The van der Waals surface area contributed by atoms with Gasteiger partial charge in [-0.2, -0.15) is 0 Å². The predicted molar refractivity (Wildman–Crippen MR) is 133 cm³/mol. The van der Waals surface area contributed by atoms with Gasteiger partial charge in [-0.1, -0.05) is 42.5 Å². The van der Waals surface area contributed by atoms with Crippen LogP contribution in [0.5, 0.6) is 0 Å².